The molecular formula is C19H33NO5Pb. The van der Waals surface area contributed by atoms with E-state index in [0.717, 1.165) is 19.3 Å². The quantitative estimate of drug-likeness (QED) is 0.274. The van der Waals surface area contributed by atoms with Crippen molar-refractivity contribution < 1.29 is 19.8 Å². The van der Waals surface area contributed by atoms with Gasteiger partial charge in [0.05, 0.1) is 0 Å². The third-order valence-electron chi connectivity index (χ3n) is 4.56. The third kappa shape index (κ3) is 11.9. The Bertz CT molecular complexity index is 430. The molecule has 2 radical (unpaired) electrons. The van der Waals surface area contributed by atoms with Gasteiger partial charge in [-0.1, -0.05) is 39.0 Å². The van der Waals surface area contributed by atoms with Crippen molar-refractivity contribution in [2.75, 3.05) is 0 Å². The van der Waals surface area contributed by atoms with Gasteiger partial charge in [-0.25, -0.2) is 0 Å². The van der Waals surface area contributed by atoms with Gasteiger partial charge in [-0.15, -0.1) is 0 Å². The van der Waals surface area contributed by atoms with Crippen molar-refractivity contribution in [2.24, 2.45) is 0 Å². The standard InChI is InChI=1S/C19H35NO5.Pb/c1-2-3-4-5-6-7-8-9-10-11-12-13-17(21)20-16(19(24)25)14-15-18(22)23;/h16H,2-15H2,1H3,(H,20,21)(H,22,23)(H,24,25);/q;+2/p-2/t16-;/m1./s1. The first-order chi connectivity index (χ1) is 12.6. The van der Waals surface area contributed by atoms with Crippen LogP contribution in [0.25, 0.3) is 0 Å². The fraction of sp³-hybridized carbons (Fsp3) is 0.842. The summed E-state index contributed by atoms with van der Waals surface area (Å²) in [5.74, 6) is -0.913. The summed E-state index contributed by atoms with van der Waals surface area (Å²) < 4.78 is 9.83. The molecule has 0 aromatic carbocycles. The van der Waals surface area contributed by atoms with Crippen molar-refractivity contribution in [1.82, 2.24) is 5.32 Å². The Hall–Kier alpha value is -0.668. The van der Waals surface area contributed by atoms with Crippen LogP contribution in [-0.4, -0.2) is 49.0 Å². The van der Waals surface area contributed by atoms with Gasteiger partial charge in [-0.3, -0.25) is 0 Å². The first kappa shape index (κ1) is 23.4. The number of carbonyl (C=O) groups excluding carboxylic acids is 3. The molecule has 0 aliphatic carbocycles. The van der Waals surface area contributed by atoms with Crippen LogP contribution in [0.1, 0.15) is 96.8 Å². The second-order valence-electron chi connectivity index (χ2n) is 6.92. The number of carbonyl (C=O) groups is 3. The van der Waals surface area contributed by atoms with E-state index in [4.69, 9.17) is 5.37 Å². The summed E-state index contributed by atoms with van der Waals surface area (Å²) in [5.41, 5.74) is 0. The number of rotatable bonds is 13. The van der Waals surface area contributed by atoms with Crippen molar-refractivity contribution in [3.63, 3.8) is 0 Å². The van der Waals surface area contributed by atoms with E-state index in [9.17, 15) is 14.4 Å². The van der Waals surface area contributed by atoms with E-state index >= 15 is 0 Å². The summed E-state index contributed by atoms with van der Waals surface area (Å²) in [5, 5.41) is 2.70. The van der Waals surface area contributed by atoms with Gasteiger partial charge in [0, 0.05) is 0 Å². The predicted octanol–water partition coefficient (Wildman–Crippen LogP) is 3.59. The first-order valence-electron chi connectivity index (χ1n) is 10.1. The van der Waals surface area contributed by atoms with Crippen molar-refractivity contribution in [1.29, 1.82) is 0 Å². The summed E-state index contributed by atoms with van der Waals surface area (Å²) in [6.07, 6.45) is 14.4. The topological polar surface area (TPSA) is 81.7 Å². The van der Waals surface area contributed by atoms with Gasteiger partial charge in [0.2, 0.25) is 0 Å². The Morgan fingerprint density at radius 3 is 2.15 bits per heavy atom. The van der Waals surface area contributed by atoms with E-state index in [-0.39, 0.29) is 24.7 Å². The number of hydrogen-bond acceptors (Lipinski definition) is 5. The zero-order chi connectivity index (χ0) is 19.0. The van der Waals surface area contributed by atoms with E-state index in [2.05, 4.69) is 12.2 Å². The molecule has 1 aliphatic rings. The molecule has 0 saturated carbocycles. The van der Waals surface area contributed by atoms with Crippen molar-refractivity contribution in [3.8, 4) is 0 Å². The molecule has 0 aromatic heterocycles. The van der Waals surface area contributed by atoms with Gasteiger partial charge >= 0.3 is 132 Å². The van der Waals surface area contributed by atoms with Crippen LogP contribution in [0.3, 0.4) is 0 Å². The van der Waals surface area contributed by atoms with Gasteiger partial charge in [0.15, 0.2) is 0 Å². The average Bonchev–Trinajstić information content (AvgIpc) is 2.62. The molecule has 0 unspecified atom stereocenters. The minimum atomic E-state index is -2.09. The molecule has 1 heterocycles. The van der Waals surface area contributed by atoms with Crippen LogP contribution in [0.2, 0.25) is 0 Å². The molecule has 0 aromatic rings. The molecule has 0 bridgehead atoms. The van der Waals surface area contributed by atoms with Crippen LogP contribution in [-0.2, 0) is 19.8 Å². The molecule has 7 heteroatoms. The van der Waals surface area contributed by atoms with Crippen molar-refractivity contribution in [3.05, 3.63) is 0 Å². The summed E-state index contributed by atoms with van der Waals surface area (Å²) in [6, 6.07) is -0.699. The Morgan fingerprint density at radius 1 is 0.962 bits per heavy atom. The van der Waals surface area contributed by atoms with E-state index in [1.54, 1.807) is 0 Å². The Balaban J connectivity index is 2.00. The SMILES string of the molecule is CCCCCCCCCCCCCC(=O)N[C@@H]1CCC(=O)[O][Pb][O]C1=O. The van der Waals surface area contributed by atoms with Crippen LogP contribution < -0.4 is 5.32 Å². The Morgan fingerprint density at radius 2 is 1.54 bits per heavy atom. The van der Waals surface area contributed by atoms with Gasteiger partial charge in [0.25, 0.3) is 0 Å². The third-order valence-corrected chi connectivity index (χ3v) is 6.88. The van der Waals surface area contributed by atoms with E-state index in [1.807, 2.05) is 0 Å². The van der Waals surface area contributed by atoms with Crippen LogP contribution in [0.4, 0.5) is 0 Å². The van der Waals surface area contributed by atoms with Crippen molar-refractivity contribution in [2.45, 2.75) is 103 Å². The zero-order valence-corrected chi connectivity index (χ0v) is 19.9. The monoisotopic (exact) mass is 563 g/mol. The van der Waals surface area contributed by atoms with Crippen LogP contribution in [0.5, 0.6) is 0 Å². The molecule has 148 valence electrons. The molecule has 6 nitrogen and oxygen atoms in total. The molecule has 1 rings (SSSR count). The fourth-order valence-electron chi connectivity index (χ4n) is 2.96. The maximum absolute atomic E-state index is 12.0. The Kier molecular flexibility index (Phi) is 13.8. The summed E-state index contributed by atoms with van der Waals surface area (Å²) in [4.78, 5) is 35.0. The van der Waals surface area contributed by atoms with Gasteiger partial charge < -0.3 is 0 Å². The molecule has 1 N–H and O–H groups in total. The molecule has 0 spiro atoms. The number of hydrogen-bond donors (Lipinski definition) is 1. The molecule has 1 amide bonds. The zero-order valence-electron chi connectivity index (χ0n) is 16.0. The van der Waals surface area contributed by atoms with E-state index < -0.39 is 37.2 Å². The molecular weight excluding hydrogens is 529 g/mol. The number of unbranched alkanes of at least 4 members (excludes halogenated alkanes) is 10. The van der Waals surface area contributed by atoms with Crippen LogP contribution in [0, 0.1) is 0 Å². The Labute approximate surface area is 170 Å². The van der Waals surface area contributed by atoms with Crippen LogP contribution in [0.15, 0.2) is 0 Å². The first-order valence-corrected chi connectivity index (χ1v) is 13.3. The molecule has 26 heavy (non-hydrogen) atoms. The van der Waals surface area contributed by atoms with Gasteiger partial charge in [-0.05, 0) is 0 Å². The minimum absolute atomic E-state index is 0.134. The normalized spacial score (nSPS) is 17.8. The van der Waals surface area contributed by atoms with Gasteiger partial charge in [0.1, 0.15) is 0 Å². The molecule has 1 saturated heterocycles. The fourth-order valence-corrected chi connectivity index (χ4v) is 4.75. The second kappa shape index (κ2) is 15.4. The summed E-state index contributed by atoms with van der Waals surface area (Å²) >= 11 is -2.09. The predicted molar refractivity (Wildman–Crippen MR) is 100 cm³/mol. The molecule has 1 fully saturated rings. The maximum atomic E-state index is 12.0. The summed E-state index contributed by atoms with van der Waals surface area (Å²) in [6.45, 7) is 2.24. The second-order valence-corrected chi connectivity index (χ2v) is 9.16. The average molecular weight is 563 g/mol. The summed E-state index contributed by atoms with van der Waals surface area (Å²) in [7, 11) is 0. The van der Waals surface area contributed by atoms with E-state index in [1.165, 1.54) is 51.4 Å². The van der Waals surface area contributed by atoms with Gasteiger partial charge in [-0.2, -0.15) is 0 Å². The molecule has 1 aliphatic heterocycles. The van der Waals surface area contributed by atoms with E-state index in [0.29, 0.717) is 6.42 Å². The van der Waals surface area contributed by atoms with Crippen molar-refractivity contribution >= 4 is 43.0 Å². The number of amides is 1. The number of nitrogens with one attached hydrogen (secondary N) is 1. The molecule has 1 atom stereocenters. The van der Waals surface area contributed by atoms with Crippen LogP contribution >= 0.6 is 0 Å².